The Morgan fingerprint density at radius 1 is 1.12 bits per heavy atom. The van der Waals surface area contributed by atoms with Crippen LogP contribution >= 0.6 is 0 Å². The molecule has 1 heterocycles. The van der Waals surface area contributed by atoms with Crippen molar-refractivity contribution in [2.24, 2.45) is 11.7 Å². The molecule has 4 heteroatoms. The number of hydrogen-bond donors (Lipinski definition) is 2. The molecule has 4 nitrogen and oxygen atoms in total. The molecule has 3 rings (SSSR count). The maximum Gasteiger partial charge on any atom is 0.241 e. The van der Waals surface area contributed by atoms with Gasteiger partial charge in [-0.2, -0.15) is 0 Å². The Balaban J connectivity index is 1.62. The minimum atomic E-state index is -0.641. The van der Waals surface area contributed by atoms with Gasteiger partial charge in [-0.1, -0.05) is 59.7 Å². The highest BCUT2D eigenvalue weighted by atomic mass is 16.5. The second-order valence-corrected chi connectivity index (χ2v) is 7.24. The molecule has 0 aliphatic carbocycles. The molecule has 26 heavy (non-hydrogen) atoms. The standard InChI is InChI=1S/C22H28N2O2/c1-15-5-9-17(10-6-15)20(23)22(25)24-14-19-4-3-13-26-21(19)18-11-7-16(2)8-12-18/h5-12,19-21H,3-4,13-14,23H2,1-2H3,(H,24,25). The SMILES string of the molecule is Cc1ccc(C(N)C(=O)NCC2CCCOC2c2ccc(C)cc2)cc1. The molecule has 3 unspecified atom stereocenters. The van der Waals surface area contributed by atoms with Crippen molar-refractivity contribution in [3.8, 4) is 0 Å². The van der Waals surface area contributed by atoms with Crippen LogP contribution in [0.5, 0.6) is 0 Å². The van der Waals surface area contributed by atoms with Gasteiger partial charge >= 0.3 is 0 Å². The van der Waals surface area contributed by atoms with Gasteiger partial charge in [0.25, 0.3) is 0 Å². The van der Waals surface area contributed by atoms with Crippen LogP contribution in [0.4, 0.5) is 0 Å². The van der Waals surface area contributed by atoms with Gasteiger partial charge in [0.2, 0.25) is 5.91 Å². The summed E-state index contributed by atoms with van der Waals surface area (Å²) in [6.07, 6.45) is 2.09. The number of nitrogens with one attached hydrogen (secondary N) is 1. The minimum absolute atomic E-state index is 0.0280. The summed E-state index contributed by atoms with van der Waals surface area (Å²) in [6.45, 7) is 5.45. The average molecular weight is 352 g/mol. The Kier molecular flexibility index (Phi) is 6.07. The lowest BCUT2D eigenvalue weighted by molar-refractivity contribution is -0.123. The second-order valence-electron chi connectivity index (χ2n) is 7.24. The molecule has 0 spiro atoms. The molecule has 0 saturated carbocycles. The number of amides is 1. The second kappa shape index (κ2) is 8.47. The van der Waals surface area contributed by atoms with Gasteiger partial charge in [-0.25, -0.2) is 0 Å². The smallest absolute Gasteiger partial charge is 0.241 e. The summed E-state index contributed by atoms with van der Waals surface area (Å²) in [5.74, 6) is 0.128. The van der Waals surface area contributed by atoms with E-state index in [1.165, 1.54) is 11.1 Å². The predicted octanol–water partition coefficient (Wildman–Crippen LogP) is 3.59. The van der Waals surface area contributed by atoms with Crippen molar-refractivity contribution in [1.82, 2.24) is 5.32 Å². The first kappa shape index (κ1) is 18.6. The third-order valence-corrected chi connectivity index (χ3v) is 5.11. The van der Waals surface area contributed by atoms with Crippen LogP contribution in [0.3, 0.4) is 0 Å². The lowest BCUT2D eigenvalue weighted by Gasteiger charge is -2.32. The molecule has 0 radical (unpaired) electrons. The summed E-state index contributed by atoms with van der Waals surface area (Å²) >= 11 is 0. The van der Waals surface area contributed by atoms with Gasteiger partial charge < -0.3 is 15.8 Å². The van der Waals surface area contributed by atoms with Gasteiger partial charge in [-0.05, 0) is 37.8 Å². The molecule has 3 N–H and O–H groups in total. The highest BCUT2D eigenvalue weighted by Gasteiger charge is 2.28. The molecule has 1 amide bonds. The van der Waals surface area contributed by atoms with Crippen LogP contribution in [-0.4, -0.2) is 19.1 Å². The zero-order chi connectivity index (χ0) is 18.5. The van der Waals surface area contributed by atoms with Gasteiger partial charge in [0, 0.05) is 19.1 Å². The molecule has 2 aromatic rings. The molecular formula is C22H28N2O2. The maximum atomic E-state index is 12.5. The van der Waals surface area contributed by atoms with Crippen LogP contribution < -0.4 is 11.1 Å². The van der Waals surface area contributed by atoms with Crippen molar-refractivity contribution < 1.29 is 9.53 Å². The molecule has 138 valence electrons. The summed E-state index contributed by atoms with van der Waals surface area (Å²) in [4.78, 5) is 12.5. The van der Waals surface area contributed by atoms with Crippen molar-refractivity contribution in [3.05, 3.63) is 70.8 Å². The van der Waals surface area contributed by atoms with Crippen molar-refractivity contribution in [3.63, 3.8) is 0 Å². The molecule has 1 aliphatic rings. The zero-order valence-corrected chi connectivity index (χ0v) is 15.6. The molecule has 1 aliphatic heterocycles. The summed E-state index contributed by atoms with van der Waals surface area (Å²) in [7, 11) is 0. The van der Waals surface area contributed by atoms with E-state index in [0.717, 1.165) is 30.6 Å². The van der Waals surface area contributed by atoms with Gasteiger partial charge in [-0.15, -0.1) is 0 Å². The summed E-state index contributed by atoms with van der Waals surface area (Å²) in [6, 6.07) is 15.6. The van der Waals surface area contributed by atoms with E-state index in [1.54, 1.807) is 0 Å². The third-order valence-electron chi connectivity index (χ3n) is 5.11. The van der Waals surface area contributed by atoms with Gasteiger partial charge in [0.15, 0.2) is 0 Å². The van der Waals surface area contributed by atoms with Crippen LogP contribution in [0.2, 0.25) is 0 Å². The molecule has 2 aromatic carbocycles. The fraction of sp³-hybridized carbons (Fsp3) is 0.409. The van der Waals surface area contributed by atoms with Crippen LogP contribution in [-0.2, 0) is 9.53 Å². The quantitative estimate of drug-likeness (QED) is 0.864. The van der Waals surface area contributed by atoms with E-state index in [0.29, 0.717) is 6.54 Å². The van der Waals surface area contributed by atoms with E-state index < -0.39 is 6.04 Å². The number of benzene rings is 2. The topological polar surface area (TPSA) is 64.4 Å². The van der Waals surface area contributed by atoms with Crippen LogP contribution in [0.15, 0.2) is 48.5 Å². The number of rotatable bonds is 5. The van der Waals surface area contributed by atoms with Crippen LogP contribution in [0.1, 0.15) is 47.2 Å². The first-order chi connectivity index (χ1) is 12.5. The Morgan fingerprint density at radius 3 is 2.38 bits per heavy atom. The monoisotopic (exact) mass is 352 g/mol. The summed E-state index contributed by atoms with van der Waals surface area (Å²) < 4.78 is 6.02. The summed E-state index contributed by atoms with van der Waals surface area (Å²) in [5.41, 5.74) is 10.5. The normalized spacial score (nSPS) is 21.2. The van der Waals surface area contributed by atoms with Crippen molar-refractivity contribution in [1.29, 1.82) is 0 Å². The summed E-state index contributed by atoms with van der Waals surface area (Å²) in [5, 5.41) is 3.03. The van der Waals surface area contributed by atoms with Crippen LogP contribution in [0.25, 0.3) is 0 Å². The highest BCUT2D eigenvalue weighted by Crippen LogP contribution is 2.33. The number of nitrogens with two attached hydrogens (primary N) is 1. The fourth-order valence-electron chi connectivity index (χ4n) is 3.44. The number of carbonyl (C=O) groups is 1. The molecule has 0 aromatic heterocycles. The van der Waals surface area contributed by atoms with Crippen molar-refractivity contribution in [2.75, 3.05) is 13.2 Å². The lowest BCUT2D eigenvalue weighted by Crippen LogP contribution is -2.39. The van der Waals surface area contributed by atoms with E-state index in [1.807, 2.05) is 31.2 Å². The first-order valence-electron chi connectivity index (χ1n) is 9.32. The number of carbonyl (C=O) groups excluding carboxylic acids is 1. The molecule has 1 fully saturated rings. The van der Waals surface area contributed by atoms with E-state index in [-0.39, 0.29) is 17.9 Å². The van der Waals surface area contributed by atoms with Gasteiger partial charge in [0.1, 0.15) is 6.04 Å². The first-order valence-corrected chi connectivity index (χ1v) is 9.32. The van der Waals surface area contributed by atoms with Gasteiger partial charge in [-0.3, -0.25) is 4.79 Å². The Morgan fingerprint density at radius 2 is 1.73 bits per heavy atom. The Hall–Kier alpha value is -2.17. The van der Waals surface area contributed by atoms with E-state index in [2.05, 4.69) is 36.5 Å². The number of aryl methyl sites for hydroxylation is 2. The predicted molar refractivity (Wildman–Crippen MR) is 104 cm³/mol. The average Bonchev–Trinajstić information content (AvgIpc) is 2.67. The van der Waals surface area contributed by atoms with Crippen molar-refractivity contribution >= 4 is 5.91 Å². The van der Waals surface area contributed by atoms with E-state index >= 15 is 0 Å². The third kappa shape index (κ3) is 4.51. The van der Waals surface area contributed by atoms with Gasteiger partial charge in [0.05, 0.1) is 6.10 Å². The van der Waals surface area contributed by atoms with Crippen molar-refractivity contribution in [2.45, 2.75) is 38.8 Å². The molecular weight excluding hydrogens is 324 g/mol. The maximum absolute atomic E-state index is 12.5. The zero-order valence-electron chi connectivity index (χ0n) is 15.6. The number of hydrogen-bond acceptors (Lipinski definition) is 3. The minimum Gasteiger partial charge on any atom is -0.373 e. The largest absolute Gasteiger partial charge is 0.373 e. The lowest BCUT2D eigenvalue weighted by atomic mass is 9.89. The number of ether oxygens (including phenoxy) is 1. The van der Waals surface area contributed by atoms with E-state index in [9.17, 15) is 4.79 Å². The Labute approximate surface area is 155 Å². The fourth-order valence-corrected chi connectivity index (χ4v) is 3.44. The van der Waals surface area contributed by atoms with Crippen LogP contribution in [0, 0.1) is 19.8 Å². The molecule has 1 saturated heterocycles. The highest BCUT2D eigenvalue weighted by molar-refractivity contribution is 5.82. The molecule has 3 atom stereocenters. The molecule has 0 bridgehead atoms. The van der Waals surface area contributed by atoms with E-state index in [4.69, 9.17) is 10.5 Å². The Bertz CT molecular complexity index is 725.